The monoisotopic (exact) mass is 557 g/mol. The second kappa shape index (κ2) is 11.6. The van der Waals surface area contributed by atoms with Crippen molar-refractivity contribution in [3.8, 4) is 11.3 Å². The first-order valence-electron chi connectivity index (χ1n) is 13.8. The Hall–Kier alpha value is -5.44. The third kappa shape index (κ3) is 5.32. The zero-order valence-electron chi connectivity index (χ0n) is 23.3. The van der Waals surface area contributed by atoms with Crippen molar-refractivity contribution in [2.45, 2.75) is 0 Å². The van der Waals surface area contributed by atoms with Gasteiger partial charge in [-0.3, -0.25) is 9.59 Å². The number of nitrogens with zero attached hydrogens (tertiary/aromatic N) is 5. The van der Waals surface area contributed by atoms with Gasteiger partial charge in [-0.05, 0) is 36.4 Å². The van der Waals surface area contributed by atoms with E-state index in [-0.39, 0.29) is 5.91 Å². The number of fused-ring (bicyclic) bond motifs is 1. The number of benzene rings is 3. The zero-order valence-corrected chi connectivity index (χ0v) is 23.3. The molecule has 9 nitrogen and oxygen atoms in total. The number of aldehydes is 1. The molecule has 0 radical (unpaired) electrons. The summed E-state index contributed by atoms with van der Waals surface area (Å²) in [5.74, 6) is 0.200. The number of rotatable bonds is 8. The van der Waals surface area contributed by atoms with Gasteiger partial charge in [0.05, 0.1) is 22.8 Å². The lowest BCUT2D eigenvalue weighted by molar-refractivity contribution is -0.111. The molecule has 3 aromatic carbocycles. The molecule has 1 aliphatic rings. The Balaban J connectivity index is 1.30. The van der Waals surface area contributed by atoms with Gasteiger partial charge in [-0.2, -0.15) is 0 Å². The van der Waals surface area contributed by atoms with Crippen LogP contribution in [0.1, 0.15) is 10.4 Å². The molecule has 0 aliphatic carbocycles. The molecule has 0 spiro atoms. The fraction of sp³-hybridized carbons (Fsp3) is 0.152. The third-order valence-electron chi connectivity index (χ3n) is 7.58. The number of carbonyl (C=O) groups is 2. The van der Waals surface area contributed by atoms with Gasteiger partial charge in [-0.15, -0.1) is 0 Å². The summed E-state index contributed by atoms with van der Waals surface area (Å²) in [6.45, 7) is 6.70. The molecule has 0 saturated carbocycles. The minimum absolute atomic E-state index is 0.329. The van der Waals surface area contributed by atoms with Crippen LogP contribution < -0.4 is 20.4 Å². The average molecular weight is 558 g/mol. The molecule has 1 amide bonds. The van der Waals surface area contributed by atoms with E-state index in [1.54, 1.807) is 6.07 Å². The molecule has 0 atom stereocenters. The number of hydrogen-bond acceptors (Lipinski definition) is 7. The molecular formula is C33H31N7O2. The Morgan fingerprint density at radius 3 is 2.40 bits per heavy atom. The average Bonchev–Trinajstić information content (AvgIpc) is 3.38. The molecule has 5 aromatic rings. The Bertz CT molecular complexity index is 1770. The van der Waals surface area contributed by atoms with Crippen molar-refractivity contribution in [1.29, 1.82) is 0 Å². The number of amides is 1. The summed E-state index contributed by atoms with van der Waals surface area (Å²) >= 11 is 0. The standard InChI is InChI=1S/C33H31N7O2/c1-3-33(42)37-29-18-27(23(21-41)17-31(29)40-15-13-39(14-16-40)24-9-5-4-6-10-24)36-32-19-28(34-22-35-32)26-20-38(2)30-12-8-7-11-25(26)30/h3-12,17-22H,1,13-16H2,2H3,(H,37,42)(H,34,35,36). The number of aryl methyl sites for hydroxylation is 1. The fourth-order valence-corrected chi connectivity index (χ4v) is 5.46. The molecule has 210 valence electrons. The predicted molar refractivity (Wildman–Crippen MR) is 169 cm³/mol. The number of anilines is 5. The highest BCUT2D eigenvalue weighted by Crippen LogP contribution is 2.35. The number of hydrogen-bond donors (Lipinski definition) is 2. The number of carbonyl (C=O) groups excluding carboxylic acids is 2. The molecule has 42 heavy (non-hydrogen) atoms. The largest absolute Gasteiger partial charge is 0.368 e. The van der Waals surface area contributed by atoms with Gasteiger partial charge in [-0.25, -0.2) is 9.97 Å². The highest BCUT2D eigenvalue weighted by atomic mass is 16.1. The fourth-order valence-electron chi connectivity index (χ4n) is 5.46. The first-order chi connectivity index (χ1) is 20.5. The van der Waals surface area contributed by atoms with E-state index in [1.807, 2.05) is 55.7 Å². The summed E-state index contributed by atoms with van der Waals surface area (Å²) in [5.41, 5.74) is 6.37. The van der Waals surface area contributed by atoms with E-state index in [0.29, 0.717) is 22.8 Å². The van der Waals surface area contributed by atoms with Crippen molar-refractivity contribution in [1.82, 2.24) is 14.5 Å². The van der Waals surface area contributed by atoms with Crippen molar-refractivity contribution < 1.29 is 9.59 Å². The molecule has 0 unspecified atom stereocenters. The van der Waals surface area contributed by atoms with Gasteiger partial charge in [0.1, 0.15) is 12.1 Å². The SMILES string of the molecule is C=CC(=O)Nc1cc(Nc2cc(-c3cn(C)c4ccccc34)ncn2)c(C=O)cc1N1CCN(c2ccccc2)CC1. The van der Waals surface area contributed by atoms with E-state index in [4.69, 9.17) is 0 Å². The third-order valence-corrected chi connectivity index (χ3v) is 7.58. The smallest absolute Gasteiger partial charge is 0.247 e. The summed E-state index contributed by atoms with van der Waals surface area (Å²) in [7, 11) is 2.00. The maximum Gasteiger partial charge on any atom is 0.247 e. The number of aromatic nitrogens is 3. The van der Waals surface area contributed by atoms with Crippen LogP contribution >= 0.6 is 0 Å². The molecule has 6 rings (SSSR count). The van der Waals surface area contributed by atoms with Gasteiger partial charge < -0.3 is 25.0 Å². The van der Waals surface area contributed by atoms with E-state index in [1.165, 1.54) is 18.1 Å². The molecule has 2 N–H and O–H groups in total. The Labute approximate surface area is 244 Å². The number of nitrogens with one attached hydrogen (secondary N) is 2. The summed E-state index contributed by atoms with van der Waals surface area (Å²) < 4.78 is 2.07. The van der Waals surface area contributed by atoms with Gasteiger partial charge in [0.15, 0.2) is 6.29 Å². The number of piperazine rings is 1. The van der Waals surface area contributed by atoms with Crippen molar-refractivity contribution in [2.24, 2.45) is 7.05 Å². The second-order valence-electron chi connectivity index (χ2n) is 10.2. The van der Waals surface area contributed by atoms with E-state index in [0.717, 1.165) is 60.3 Å². The summed E-state index contributed by atoms with van der Waals surface area (Å²) in [6.07, 6.45) is 5.60. The Kier molecular flexibility index (Phi) is 7.38. The van der Waals surface area contributed by atoms with E-state index in [9.17, 15) is 9.59 Å². The van der Waals surface area contributed by atoms with E-state index in [2.05, 4.69) is 65.8 Å². The quantitative estimate of drug-likeness (QED) is 0.188. The summed E-state index contributed by atoms with van der Waals surface area (Å²) in [5, 5.41) is 7.31. The lowest BCUT2D eigenvalue weighted by Crippen LogP contribution is -2.46. The molecule has 9 heteroatoms. The first kappa shape index (κ1) is 26.8. The van der Waals surface area contributed by atoms with Crippen LogP contribution in [0.2, 0.25) is 0 Å². The molecule has 3 heterocycles. The highest BCUT2D eigenvalue weighted by molar-refractivity contribution is 6.03. The molecule has 0 bridgehead atoms. The first-order valence-corrected chi connectivity index (χ1v) is 13.8. The lowest BCUT2D eigenvalue weighted by atomic mass is 10.1. The van der Waals surface area contributed by atoms with Gasteiger partial charge in [0, 0.05) is 73.2 Å². The summed E-state index contributed by atoms with van der Waals surface area (Å²) in [4.78, 5) is 38.2. The normalized spacial score (nSPS) is 13.2. The van der Waals surface area contributed by atoms with Crippen molar-refractivity contribution in [3.63, 3.8) is 0 Å². The molecule has 1 fully saturated rings. The zero-order chi connectivity index (χ0) is 29.1. The van der Waals surface area contributed by atoms with E-state index >= 15 is 0 Å². The topological polar surface area (TPSA) is 95.4 Å². The van der Waals surface area contributed by atoms with Gasteiger partial charge >= 0.3 is 0 Å². The minimum Gasteiger partial charge on any atom is -0.368 e. The van der Waals surface area contributed by atoms with E-state index < -0.39 is 0 Å². The van der Waals surface area contributed by atoms with Crippen LogP contribution in [0.25, 0.3) is 22.2 Å². The highest BCUT2D eigenvalue weighted by Gasteiger charge is 2.22. The van der Waals surface area contributed by atoms with Crippen molar-refractivity contribution in [3.05, 3.63) is 104 Å². The van der Waals surface area contributed by atoms with Crippen LogP contribution in [0.4, 0.5) is 28.6 Å². The lowest BCUT2D eigenvalue weighted by Gasteiger charge is -2.38. The van der Waals surface area contributed by atoms with Crippen molar-refractivity contribution in [2.75, 3.05) is 46.6 Å². The van der Waals surface area contributed by atoms with Gasteiger partial charge in [0.25, 0.3) is 0 Å². The molecule has 2 aromatic heterocycles. The van der Waals surface area contributed by atoms with Crippen molar-refractivity contribution >= 4 is 51.7 Å². The van der Waals surface area contributed by atoms with Crippen LogP contribution in [0.15, 0.2) is 98.0 Å². The molecule has 1 saturated heterocycles. The second-order valence-corrected chi connectivity index (χ2v) is 10.2. The van der Waals surface area contributed by atoms with Crippen LogP contribution in [-0.4, -0.2) is 52.9 Å². The maximum atomic E-state index is 12.4. The Morgan fingerprint density at radius 2 is 1.64 bits per heavy atom. The van der Waals surface area contributed by atoms with Crippen LogP contribution in [0, 0.1) is 0 Å². The molecule has 1 aliphatic heterocycles. The van der Waals surface area contributed by atoms with Crippen LogP contribution in [0.3, 0.4) is 0 Å². The maximum absolute atomic E-state index is 12.4. The van der Waals surface area contributed by atoms with Crippen LogP contribution in [0.5, 0.6) is 0 Å². The number of para-hydroxylation sites is 2. The predicted octanol–water partition coefficient (Wildman–Crippen LogP) is 5.64. The summed E-state index contributed by atoms with van der Waals surface area (Å²) in [6, 6.07) is 23.9. The van der Waals surface area contributed by atoms with Gasteiger partial charge in [0.2, 0.25) is 5.91 Å². The van der Waals surface area contributed by atoms with Crippen LogP contribution in [-0.2, 0) is 11.8 Å². The minimum atomic E-state index is -0.329. The molecular weight excluding hydrogens is 526 g/mol. The Morgan fingerprint density at radius 1 is 0.905 bits per heavy atom. The van der Waals surface area contributed by atoms with Gasteiger partial charge in [-0.1, -0.05) is 43.0 Å².